The lowest BCUT2D eigenvalue weighted by molar-refractivity contribution is -0.130. The number of carbonyl (C=O) groups excluding carboxylic acids is 2. The van der Waals surface area contributed by atoms with E-state index in [4.69, 9.17) is 4.74 Å². The van der Waals surface area contributed by atoms with Crippen molar-refractivity contribution in [1.82, 2.24) is 9.80 Å². The Bertz CT molecular complexity index is 473. The molecule has 24 heavy (non-hydrogen) atoms. The van der Waals surface area contributed by atoms with Crippen LogP contribution in [0.1, 0.15) is 53.4 Å². The van der Waals surface area contributed by atoms with Gasteiger partial charge in [0, 0.05) is 26.2 Å². The zero-order valence-corrected chi connectivity index (χ0v) is 15.6. The number of hydrogen-bond donors (Lipinski definition) is 0. The van der Waals surface area contributed by atoms with E-state index in [-0.39, 0.29) is 17.9 Å². The topological polar surface area (TPSA) is 49.9 Å². The second kappa shape index (κ2) is 8.04. The van der Waals surface area contributed by atoms with Crippen molar-refractivity contribution in [2.24, 2.45) is 11.8 Å². The van der Waals surface area contributed by atoms with Crippen LogP contribution in [0.15, 0.2) is 12.2 Å². The van der Waals surface area contributed by atoms with Crippen molar-refractivity contribution in [2.45, 2.75) is 59.0 Å². The molecule has 2 heterocycles. The van der Waals surface area contributed by atoms with Gasteiger partial charge in [0.25, 0.3) is 0 Å². The Morgan fingerprint density at radius 3 is 2.46 bits per heavy atom. The second-order valence-corrected chi connectivity index (χ2v) is 7.95. The van der Waals surface area contributed by atoms with Crippen LogP contribution in [0.5, 0.6) is 0 Å². The summed E-state index contributed by atoms with van der Waals surface area (Å²) in [6, 6.07) is 0. The van der Waals surface area contributed by atoms with Gasteiger partial charge in [0.05, 0.1) is 5.92 Å². The molecule has 0 spiro atoms. The molecule has 2 aliphatic rings. The Balaban J connectivity index is 1.70. The SMILES string of the molecule is CC=CC1CCN(CCC2CCN(C(=O)OC(C)(C)C)CC2)C1=O. The highest BCUT2D eigenvalue weighted by molar-refractivity contribution is 5.82. The third kappa shape index (κ3) is 5.25. The number of carbonyl (C=O) groups is 2. The lowest BCUT2D eigenvalue weighted by atomic mass is 9.93. The molecule has 5 heteroatoms. The van der Waals surface area contributed by atoms with E-state index >= 15 is 0 Å². The van der Waals surface area contributed by atoms with E-state index in [1.807, 2.05) is 49.6 Å². The standard InChI is InChI=1S/C19H32N2O3/c1-5-6-16-10-14-20(17(16)22)11-7-15-8-12-21(13-9-15)18(23)24-19(2,3)4/h5-6,15-16H,7-14H2,1-4H3. The Morgan fingerprint density at radius 2 is 1.88 bits per heavy atom. The number of likely N-dealkylation sites (tertiary alicyclic amines) is 2. The summed E-state index contributed by atoms with van der Waals surface area (Å²) in [4.78, 5) is 28.1. The maximum Gasteiger partial charge on any atom is 0.410 e. The van der Waals surface area contributed by atoms with E-state index < -0.39 is 5.60 Å². The van der Waals surface area contributed by atoms with Crippen LogP contribution in [0.25, 0.3) is 0 Å². The van der Waals surface area contributed by atoms with Gasteiger partial charge in [-0.05, 0) is 59.3 Å². The summed E-state index contributed by atoms with van der Waals surface area (Å²) in [5, 5.41) is 0. The van der Waals surface area contributed by atoms with Gasteiger partial charge in [-0.25, -0.2) is 4.79 Å². The Hall–Kier alpha value is -1.52. The fourth-order valence-electron chi connectivity index (χ4n) is 3.47. The van der Waals surface area contributed by atoms with E-state index in [1.165, 1.54) is 0 Å². The normalized spacial score (nSPS) is 23.3. The molecule has 0 saturated carbocycles. The highest BCUT2D eigenvalue weighted by Gasteiger charge is 2.31. The lowest BCUT2D eigenvalue weighted by Gasteiger charge is -2.34. The Labute approximate surface area is 146 Å². The highest BCUT2D eigenvalue weighted by Crippen LogP contribution is 2.25. The summed E-state index contributed by atoms with van der Waals surface area (Å²) in [6.07, 6.45) is 7.76. The van der Waals surface area contributed by atoms with Gasteiger partial charge in [-0.1, -0.05) is 12.2 Å². The molecule has 5 nitrogen and oxygen atoms in total. The predicted molar refractivity (Wildman–Crippen MR) is 94.6 cm³/mol. The number of amides is 2. The van der Waals surface area contributed by atoms with E-state index in [2.05, 4.69) is 0 Å². The number of piperidine rings is 1. The second-order valence-electron chi connectivity index (χ2n) is 7.95. The quantitative estimate of drug-likeness (QED) is 0.739. The summed E-state index contributed by atoms with van der Waals surface area (Å²) < 4.78 is 5.43. The van der Waals surface area contributed by atoms with E-state index in [9.17, 15) is 9.59 Å². The van der Waals surface area contributed by atoms with E-state index in [1.54, 1.807) is 0 Å². The van der Waals surface area contributed by atoms with Crippen molar-refractivity contribution in [2.75, 3.05) is 26.2 Å². The van der Waals surface area contributed by atoms with Gasteiger partial charge < -0.3 is 14.5 Å². The van der Waals surface area contributed by atoms with Crippen molar-refractivity contribution in [1.29, 1.82) is 0 Å². The third-order valence-electron chi connectivity index (χ3n) is 4.84. The number of ether oxygens (including phenoxy) is 1. The molecule has 0 aromatic rings. The number of allylic oxidation sites excluding steroid dienone is 1. The molecule has 2 saturated heterocycles. The largest absolute Gasteiger partial charge is 0.444 e. The van der Waals surface area contributed by atoms with E-state index in [0.29, 0.717) is 5.92 Å². The summed E-state index contributed by atoms with van der Waals surface area (Å²) in [5.74, 6) is 0.959. The van der Waals surface area contributed by atoms with Crippen LogP contribution in [0.3, 0.4) is 0 Å². The zero-order chi connectivity index (χ0) is 17.7. The minimum Gasteiger partial charge on any atom is -0.444 e. The first kappa shape index (κ1) is 18.8. The first-order valence-electron chi connectivity index (χ1n) is 9.19. The highest BCUT2D eigenvalue weighted by atomic mass is 16.6. The first-order chi connectivity index (χ1) is 11.3. The minimum absolute atomic E-state index is 0.0871. The molecule has 2 aliphatic heterocycles. The molecule has 0 bridgehead atoms. The van der Waals surface area contributed by atoms with Gasteiger partial charge in [-0.15, -0.1) is 0 Å². The van der Waals surface area contributed by atoms with Gasteiger partial charge >= 0.3 is 6.09 Å². The molecule has 2 rings (SSSR count). The average molecular weight is 336 g/mol. The van der Waals surface area contributed by atoms with Gasteiger partial charge in [0.15, 0.2) is 0 Å². The molecule has 0 aromatic carbocycles. The van der Waals surface area contributed by atoms with Crippen LogP contribution in [0.2, 0.25) is 0 Å². The molecule has 2 fully saturated rings. The minimum atomic E-state index is -0.437. The van der Waals surface area contributed by atoms with Crippen molar-refractivity contribution in [3.05, 3.63) is 12.2 Å². The monoisotopic (exact) mass is 336 g/mol. The van der Waals surface area contributed by atoms with Gasteiger partial charge in [0.1, 0.15) is 5.60 Å². The van der Waals surface area contributed by atoms with Crippen LogP contribution in [-0.2, 0) is 9.53 Å². The first-order valence-corrected chi connectivity index (χ1v) is 9.19. The average Bonchev–Trinajstić information content (AvgIpc) is 2.85. The summed E-state index contributed by atoms with van der Waals surface area (Å²) in [5.41, 5.74) is -0.437. The number of hydrogen-bond acceptors (Lipinski definition) is 3. The molecule has 0 aromatic heterocycles. The van der Waals surface area contributed by atoms with Gasteiger partial charge in [0.2, 0.25) is 5.91 Å². The Kier molecular flexibility index (Phi) is 6.30. The Morgan fingerprint density at radius 1 is 1.21 bits per heavy atom. The van der Waals surface area contributed by atoms with Crippen molar-refractivity contribution in [3.63, 3.8) is 0 Å². The maximum atomic E-state index is 12.2. The van der Waals surface area contributed by atoms with Crippen molar-refractivity contribution >= 4 is 12.0 Å². The maximum absolute atomic E-state index is 12.2. The van der Waals surface area contributed by atoms with E-state index in [0.717, 1.165) is 51.9 Å². The molecule has 136 valence electrons. The summed E-state index contributed by atoms with van der Waals surface area (Å²) in [7, 11) is 0. The van der Waals surface area contributed by atoms with Gasteiger partial charge in [-0.2, -0.15) is 0 Å². The van der Waals surface area contributed by atoms with Crippen LogP contribution >= 0.6 is 0 Å². The smallest absolute Gasteiger partial charge is 0.410 e. The van der Waals surface area contributed by atoms with Gasteiger partial charge in [-0.3, -0.25) is 4.79 Å². The summed E-state index contributed by atoms with van der Waals surface area (Å²) >= 11 is 0. The van der Waals surface area contributed by atoms with Crippen LogP contribution in [0, 0.1) is 11.8 Å². The molecule has 0 radical (unpaired) electrons. The molecule has 0 N–H and O–H groups in total. The molecular weight excluding hydrogens is 304 g/mol. The fourth-order valence-corrected chi connectivity index (χ4v) is 3.47. The third-order valence-corrected chi connectivity index (χ3v) is 4.84. The van der Waals surface area contributed by atoms with Crippen LogP contribution in [0.4, 0.5) is 4.79 Å². The zero-order valence-electron chi connectivity index (χ0n) is 15.6. The molecule has 0 aliphatic carbocycles. The summed E-state index contributed by atoms with van der Waals surface area (Å²) in [6.45, 7) is 10.9. The van der Waals surface area contributed by atoms with Crippen LogP contribution < -0.4 is 0 Å². The van der Waals surface area contributed by atoms with Crippen molar-refractivity contribution in [3.8, 4) is 0 Å². The molecular formula is C19H32N2O3. The lowest BCUT2D eigenvalue weighted by Crippen LogP contribution is -2.42. The number of nitrogens with zero attached hydrogens (tertiary/aromatic N) is 2. The predicted octanol–water partition coefficient (Wildman–Crippen LogP) is 3.45. The molecule has 1 atom stereocenters. The fraction of sp³-hybridized carbons (Fsp3) is 0.789. The number of rotatable bonds is 4. The van der Waals surface area contributed by atoms with Crippen molar-refractivity contribution < 1.29 is 14.3 Å². The molecule has 1 unspecified atom stereocenters. The van der Waals surface area contributed by atoms with Crippen LogP contribution in [-0.4, -0.2) is 53.6 Å². The molecule has 2 amide bonds.